The summed E-state index contributed by atoms with van der Waals surface area (Å²) in [6.45, 7) is 3.61. The van der Waals surface area contributed by atoms with E-state index in [1.807, 2.05) is 36.6 Å². The normalized spacial score (nSPS) is 14.7. The highest BCUT2D eigenvalue weighted by Gasteiger charge is 2.25. The summed E-state index contributed by atoms with van der Waals surface area (Å²) >= 11 is 1.67. The fourth-order valence-corrected chi connectivity index (χ4v) is 4.15. The van der Waals surface area contributed by atoms with Gasteiger partial charge in [0, 0.05) is 37.9 Å². The fourth-order valence-electron chi connectivity index (χ4n) is 3.68. The summed E-state index contributed by atoms with van der Waals surface area (Å²) in [5.41, 5.74) is 2.79. The van der Waals surface area contributed by atoms with Gasteiger partial charge in [0.05, 0.1) is 13.2 Å². The standard InChI is InChI=1S/C24H31N3O3S/c1-26(18-20-10-6-7-11-22(20)27-13-15-30-16-14-27)24(29)21(12-17-31-2)25-23(28)19-8-4-3-5-9-19/h3-11,21H,12-18H2,1-2H3,(H,25,28)/t21-/m1/s1. The highest BCUT2D eigenvalue weighted by Crippen LogP contribution is 2.23. The van der Waals surface area contributed by atoms with E-state index < -0.39 is 6.04 Å². The number of benzene rings is 2. The van der Waals surface area contributed by atoms with Crippen LogP contribution in [0.1, 0.15) is 22.3 Å². The number of carbonyl (C=O) groups excluding carboxylic acids is 2. The third-order valence-electron chi connectivity index (χ3n) is 5.38. The Balaban J connectivity index is 1.70. The molecule has 0 bridgehead atoms. The minimum Gasteiger partial charge on any atom is -0.378 e. The zero-order valence-corrected chi connectivity index (χ0v) is 19.1. The Morgan fingerprint density at radius 2 is 1.77 bits per heavy atom. The number of hydrogen-bond acceptors (Lipinski definition) is 5. The maximum absolute atomic E-state index is 13.3. The number of likely N-dealkylation sites (N-methyl/N-ethyl adjacent to an activating group) is 1. The van der Waals surface area contributed by atoms with Gasteiger partial charge in [-0.2, -0.15) is 11.8 Å². The van der Waals surface area contributed by atoms with Gasteiger partial charge >= 0.3 is 0 Å². The van der Waals surface area contributed by atoms with E-state index >= 15 is 0 Å². The van der Waals surface area contributed by atoms with Gasteiger partial charge in [-0.3, -0.25) is 9.59 Å². The van der Waals surface area contributed by atoms with Crippen LogP contribution in [0.2, 0.25) is 0 Å². The molecule has 0 unspecified atom stereocenters. The van der Waals surface area contributed by atoms with Crippen LogP contribution in [0.15, 0.2) is 54.6 Å². The molecule has 2 aromatic rings. The smallest absolute Gasteiger partial charge is 0.251 e. The Kier molecular flexibility index (Phi) is 8.79. The summed E-state index contributed by atoms with van der Waals surface area (Å²) < 4.78 is 5.47. The van der Waals surface area contributed by atoms with E-state index in [0.29, 0.717) is 31.7 Å². The van der Waals surface area contributed by atoms with Gasteiger partial charge in [-0.05, 0) is 42.2 Å². The van der Waals surface area contributed by atoms with Crippen molar-refractivity contribution in [3.05, 3.63) is 65.7 Å². The molecule has 1 heterocycles. The number of amides is 2. The largest absolute Gasteiger partial charge is 0.378 e. The average Bonchev–Trinajstić information content (AvgIpc) is 2.82. The van der Waals surface area contributed by atoms with Crippen molar-refractivity contribution in [2.45, 2.75) is 19.0 Å². The van der Waals surface area contributed by atoms with Crippen LogP contribution < -0.4 is 10.2 Å². The Hall–Kier alpha value is -2.51. The lowest BCUT2D eigenvalue weighted by Gasteiger charge is -2.32. The van der Waals surface area contributed by atoms with Gasteiger partial charge in [0.25, 0.3) is 5.91 Å². The number of anilines is 1. The van der Waals surface area contributed by atoms with Gasteiger partial charge in [-0.25, -0.2) is 0 Å². The van der Waals surface area contributed by atoms with Gasteiger partial charge in [0.15, 0.2) is 0 Å². The van der Waals surface area contributed by atoms with Crippen molar-refractivity contribution in [1.82, 2.24) is 10.2 Å². The van der Waals surface area contributed by atoms with Crippen LogP contribution in [0.5, 0.6) is 0 Å². The highest BCUT2D eigenvalue weighted by molar-refractivity contribution is 7.98. The number of rotatable bonds is 9. The SMILES string of the molecule is CSCC[C@@H](NC(=O)c1ccccc1)C(=O)N(C)Cc1ccccc1N1CCOCC1. The third-order valence-corrected chi connectivity index (χ3v) is 6.02. The molecular weight excluding hydrogens is 410 g/mol. The minimum absolute atomic E-state index is 0.0740. The molecule has 2 aromatic carbocycles. The Morgan fingerprint density at radius 3 is 2.48 bits per heavy atom. The molecule has 166 valence electrons. The van der Waals surface area contributed by atoms with Crippen molar-refractivity contribution in [3.8, 4) is 0 Å². The van der Waals surface area contributed by atoms with Crippen molar-refractivity contribution in [2.24, 2.45) is 0 Å². The van der Waals surface area contributed by atoms with E-state index in [1.54, 1.807) is 35.8 Å². The number of ether oxygens (including phenoxy) is 1. The molecule has 3 rings (SSSR count). The molecule has 0 spiro atoms. The summed E-state index contributed by atoms with van der Waals surface area (Å²) in [6, 6.07) is 16.7. The first kappa shape index (κ1) is 23.2. The Labute approximate surface area is 188 Å². The van der Waals surface area contributed by atoms with Gasteiger partial charge in [-0.1, -0.05) is 36.4 Å². The molecule has 2 amide bonds. The summed E-state index contributed by atoms with van der Waals surface area (Å²) in [7, 11) is 1.80. The molecule has 1 atom stereocenters. The van der Waals surface area contributed by atoms with E-state index in [-0.39, 0.29) is 11.8 Å². The lowest BCUT2D eigenvalue weighted by atomic mass is 10.1. The first-order valence-corrected chi connectivity index (χ1v) is 12.0. The van der Waals surface area contributed by atoms with Gasteiger partial charge in [0.2, 0.25) is 5.91 Å². The second-order valence-corrected chi connectivity index (χ2v) is 8.58. The quantitative estimate of drug-likeness (QED) is 0.648. The first-order valence-electron chi connectivity index (χ1n) is 10.6. The summed E-state index contributed by atoms with van der Waals surface area (Å²) in [6.07, 6.45) is 2.59. The zero-order valence-electron chi connectivity index (χ0n) is 18.3. The summed E-state index contributed by atoms with van der Waals surface area (Å²) in [4.78, 5) is 30.0. The van der Waals surface area contributed by atoms with Crippen molar-refractivity contribution < 1.29 is 14.3 Å². The molecule has 31 heavy (non-hydrogen) atoms. The van der Waals surface area contributed by atoms with Crippen molar-refractivity contribution in [2.75, 3.05) is 50.3 Å². The monoisotopic (exact) mass is 441 g/mol. The van der Waals surface area contributed by atoms with Crippen LogP contribution in [0, 0.1) is 0 Å². The van der Waals surface area contributed by atoms with E-state index in [2.05, 4.69) is 22.3 Å². The van der Waals surface area contributed by atoms with Crippen LogP contribution >= 0.6 is 11.8 Å². The molecule has 0 aliphatic carbocycles. The van der Waals surface area contributed by atoms with E-state index in [1.165, 1.54) is 0 Å². The second kappa shape index (κ2) is 11.8. The Bertz CT molecular complexity index is 856. The Morgan fingerprint density at radius 1 is 1.10 bits per heavy atom. The average molecular weight is 442 g/mol. The van der Waals surface area contributed by atoms with Crippen LogP contribution in [-0.2, 0) is 16.1 Å². The first-order chi connectivity index (χ1) is 15.1. The number of thioether (sulfide) groups is 1. The van der Waals surface area contributed by atoms with Gasteiger partial charge < -0.3 is 19.9 Å². The molecular formula is C24H31N3O3S. The van der Waals surface area contributed by atoms with Crippen molar-refractivity contribution >= 4 is 29.3 Å². The van der Waals surface area contributed by atoms with Gasteiger partial charge in [0.1, 0.15) is 6.04 Å². The molecule has 0 saturated carbocycles. The second-order valence-electron chi connectivity index (χ2n) is 7.60. The van der Waals surface area contributed by atoms with Crippen LogP contribution in [0.25, 0.3) is 0 Å². The topological polar surface area (TPSA) is 61.9 Å². The number of nitrogens with one attached hydrogen (secondary N) is 1. The molecule has 1 saturated heterocycles. The predicted molar refractivity (Wildman–Crippen MR) is 127 cm³/mol. The summed E-state index contributed by atoms with van der Waals surface area (Å²) in [5.74, 6) is 0.501. The minimum atomic E-state index is -0.555. The van der Waals surface area contributed by atoms with Crippen molar-refractivity contribution in [1.29, 1.82) is 0 Å². The zero-order chi connectivity index (χ0) is 22.1. The fraction of sp³-hybridized carbons (Fsp3) is 0.417. The number of nitrogens with zero attached hydrogens (tertiary/aromatic N) is 2. The van der Waals surface area contributed by atoms with Crippen LogP contribution in [0.3, 0.4) is 0 Å². The molecule has 1 fully saturated rings. The molecule has 6 nitrogen and oxygen atoms in total. The number of para-hydroxylation sites is 1. The van der Waals surface area contributed by atoms with E-state index in [0.717, 1.165) is 30.1 Å². The van der Waals surface area contributed by atoms with Crippen molar-refractivity contribution in [3.63, 3.8) is 0 Å². The van der Waals surface area contributed by atoms with Crippen LogP contribution in [-0.4, -0.2) is 68.1 Å². The number of morpholine rings is 1. The summed E-state index contributed by atoms with van der Waals surface area (Å²) in [5, 5.41) is 2.94. The third kappa shape index (κ3) is 6.48. The van der Waals surface area contributed by atoms with E-state index in [4.69, 9.17) is 4.74 Å². The molecule has 0 aromatic heterocycles. The number of hydrogen-bond donors (Lipinski definition) is 1. The molecule has 7 heteroatoms. The molecule has 1 aliphatic heterocycles. The maximum Gasteiger partial charge on any atom is 0.251 e. The van der Waals surface area contributed by atoms with Crippen LogP contribution in [0.4, 0.5) is 5.69 Å². The van der Waals surface area contributed by atoms with Gasteiger partial charge in [-0.15, -0.1) is 0 Å². The molecule has 0 radical (unpaired) electrons. The molecule has 1 N–H and O–H groups in total. The lowest BCUT2D eigenvalue weighted by molar-refractivity contribution is -0.132. The van der Waals surface area contributed by atoms with E-state index in [9.17, 15) is 9.59 Å². The number of carbonyl (C=O) groups is 2. The maximum atomic E-state index is 13.3. The molecule has 1 aliphatic rings. The lowest BCUT2D eigenvalue weighted by Crippen LogP contribution is -2.47. The highest BCUT2D eigenvalue weighted by atomic mass is 32.2. The predicted octanol–water partition coefficient (Wildman–Crippen LogP) is 3.03.